The number of halogens is 4. The van der Waals surface area contributed by atoms with Gasteiger partial charge in [0.15, 0.2) is 5.82 Å². The van der Waals surface area contributed by atoms with Crippen LogP contribution in [0.5, 0.6) is 0 Å². The van der Waals surface area contributed by atoms with Crippen LogP contribution in [0, 0.1) is 11.6 Å². The van der Waals surface area contributed by atoms with Gasteiger partial charge < -0.3 is 5.11 Å². The van der Waals surface area contributed by atoms with E-state index in [1.807, 2.05) is 0 Å². The van der Waals surface area contributed by atoms with Crippen LogP contribution in [0.25, 0.3) is 11.1 Å². The summed E-state index contributed by atoms with van der Waals surface area (Å²) in [4.78, 5) is 10.7. The van der Waals surface area contributed by atoms with Gasteiger partial charge >= 0.3 is 6.09 Å². The maximum atomic E-state index is 13.4. The Bertz CT molecular complexity index is 669. The number of hydrogen-bond acceptors (Lipinski definition) is 1. The molecule has 2 N–H and O–H groups in total. The third-order valence-corrected chi connectivity index (χ3v) is 3.07. The molecule has 7 heteroatoms. The molecule has 0 radical (unpaired) electrons. The Labute approximate surface area is 122 Å². The SMILES string of the molecule is O=C(O)Nc1ccc(F)cc1-c1cc(Cl)c(F)c(Cl)c1. The molecule has 0 aliphatic carbocycles. The Hall–Kier alpha value is -1.85. The molecule has 2 rings (SSSR count). The number of hydrogen-bond donors (Lipinski definition) is 2. The molecule has 3 nitrogen and oxygen atoms in total. The van der Waals surface area contributed by atoms with Crippen LogP contribution in [0.3, 0.4) is 0 Å². The van der Waals surface area contributed by atoms with Gasteiger partial charge in [0.2, 0.25) is 0 Å². The van der Waals surface area contributed by atoms with Gasteiger partial charge in [0.25, 0.3) is 0 Å². The van der Waals surface area contributed by atoms with Crippen LogP contribution in [-0.4, -0.2) is 11.2 Å². The largest absolute Gasteiger partial charge is 0.465 e. The standard InChI is InChI=1S/C13H7Cl2F2NO2/c14-9-3-6(4-10(15)12(9)17)8-5-7(16)1-2-11(8)18-13(19)20/h1-5,18H,(H,19,20). The first-order chi connectivity index (χ1) is 9.38. The zero-order chi connectivity index (χ0) is 14.9. The summed E-state index contributed by atoms with van der Waals surface area (Å²) in [5.41, 5.74) is 0.637. The number of nitrogens with one attached hydrogen (secondary N) is 1. The Balaban J connectivity index is 2.61. The molecule has 0 spiro atoms. The second-order valence-corrected chi connectivity index (χ2v) is 4.69. The molecule has 2 aromatic rings. The molecule has 0 saturated heterocycles. The number of rotatable bonds is 2. The monoisotopic (exact) mass is 317 g/mol. The van der Waals surface area contributed by atoms with Gasteiger partial charge in [-0.15, -0.1) is 0 Å². The molecule has 0 heterocycles. The van der Waals surface area contributed by atoms with Crippen molar-refractivity contribution in [3.05, 3.63) is 52.0 Å². The van der Waals surface area contributed by atoms with E-state index >= 15 is 0 Å². The summed E-state index contributed by atoms with van der Waals surface area (Å²) < 4.78 is 26.7. The van der Waals surface area contributed by atoms with Crippen LogP contribution >= 0.6 is 23.2 Å². The molecule has 0 bridgehead atoms. The molecule has 2 aromatic carbocycles. The molecule has 0 fully saturated rings. The van der Waals surface area contributed by atoms with Crippen molar-refractivity contribution < 1.29 is 18.7 Å². The summed E-state index contributed by atoms with van der Waals surface area (Å²) in [6.07, 6.45) is -1.31. The molecular formula is C13H7Cl2F2NO2. The lowest BCUT2D eigenvalue weighted by molar-refractivity contribution is 0.210. The van der Waals surface area contributed by atoms with Crippen molar-refractivity contribution in [2.24, 2.45) is 0 Å². The summed E-state index contributed by atoms with van der Waals surface area (Å²) >= 11 is 11.4. The van der Waals surface area contributed by atoms with E-state index in [9.17, 15) is 13.6 Å². The second-order valence-electron chi connectivity index (χ2n) is 3.87. The minimum atomic E-state index is -1.31. The quantitative estimate of drug-likeness (QED) is 0.763. The third-order valence-electron chi connectivity index (χ3n) is 2.52. The maximum Gasteiger partial charge on any atom is 0.409 e. The molecular weight excluding hydrogens is 311 g/mol. The molecule has 0 aromatic heterocycles. The summed E-state index contributed by atoms with van der Waals surface area (Å²) in [6.45, 7) is 0. The van der Waals surface area contributed by atoms with E-state index in [1.165, 1.54) is 18.2 Å². The fourth-order valence-electron chi connectivity index (χ4n) is 1.69. The van der Waals surface area contributed by atoms with E-state index in [-0.39, 0.29) is 21.3 Å². The average molecular weight is 318 g/mol. The smallest absolute Gasteiger partial charge is 0.409 e. The Morgan fingerprint density at radius 3 is 2.25 bits per heavy atom. The van der Waals surface area contributed by atoms with Gasteiger partial charge in [-0.1, -0.05) is 23.2 Å². The number of amides is 1. The van der Waals surface area contributed by atoms with Crippen LogP contribution < -0.4 is 5.32 Å². The summed E-state index contributed by atoms with van der Waals surface area (Å²) in [7, 11) is 0. The first kappa shape index (κ1) is 14.6. The molecule has 0 aliphatic heterocycles. The van der Waals surface area contributed by atoms with Crippen molar-refractivity contribution in [3.8, 4) is 11.1 Å². The Morgan fingerprint density at radius 2 is 1.70 bits per heavy atom. The van der Waals surface area contributed by atoms with Crippen molar-refractivity contribution in [2.75, 3.05) is 5.32 Å². The minimum Gasteiger partial charge on any atom is -0.465 e. The average Bonchev–Trinajstić information content (AvgIpc) is 2.37. The number of carbonyl (C=O) groups is 1. The van der Waals surface area contributed by atoms with Gasteiger partial charge in [-0.3, -0.25) is 5.32 Å². The van der Waals surface area contributed by atoms with Crippen molar-refractivity contribution in [3.63, 3.8) is 0 Å². The Kier molecular flexibility index (Phi) is 4.11. The van der Waals surface area contributed by atoms with Crippen LogP contribution in [0.1, 0.15) is 0 Å². The fourth-order valence-corrected chi connectivity index (χ4v) is 2.18. The lowest BCUT2D eigenvalue weighted by Crippen LogP contribution is -2.08. The highest BCUT2D eigenvalue weighted by Crippen LogP contribution is 2.34. The molecule has 104 valence electrons. The van der Waals surface area contributed by atoms with E-state index in [0.717, 1.165) is 12.1 Å². The first-order valence-electron chi connectivity index (χ1n) is 5.33. The number of anilines is 1. The highest BCUT2D eigenvalue weighted by molar-refractivity contribution is 6.35. The van der Waals surface area contributed by atoms with Crippen LogP contribution in [-0.2, 0) is 0 Å². The van der Waals surface area contributed by atoms with Crippen molar-refractivity contribution >= 4 is 35.0 Å². The van der Waals surface area contributed by atoms with E-state index in [4.69, 9.17) is 28.3 Å². The van der Waals surface area contributed by atoms with Crippen molar-refractivity contribution in [2.45, 2.75) is 0 Å². The van der Waals surface area contributed by atoms with Gasteiger partial charge in [-0.2, -0.15) is 0 Å². The molecule has 0 aliphatic rings. The van der Waals surface area contributed by atoms with Crippen LogP contribution in [0.2, 0.25) is 10.0 Å². The van der Waals surface area contributed by atoms with Gasteiger partial charge in [0, 0.05) is 5.56 Å². The van der Waals surface area contributed by atoms with Gasteiger partial charge in [0.05, 0.1) is 15.7 Å². The van der Waals surface area contributed by atoms with Crippen molar-refractivity contribution in [1.82, 2.24) is 0 Å². The highest BCUT2D eigenvalue weighted by atomic mass is 35.5. The predicted molar refractivity (Wildman–Crippen MR) is 73.5 cm³/mol. The Morgan fingerprint density at radius 1 is 1.10 bits per heavy atom. The van der Waals surface area contributed by atoms with Gasteiger partial charge in [-0.05, 0) is 35.9 Å². The van der Waals surface area contributed by atoms with E-state index < -0.39 is 17.7 Å². The lowest BCUT2D eigenvalue weighted by Gasteiger charge is -2.11. The van der Waals surface area contributed by atoms with E-state index in [1.54, 1.807) is 0 Å². The fraction of sp³-hybridized carbons (Fsp3) is 0. The summed E-state index contributed by atoms with van der Waals surface area (Å²) in [6, 6.07) is 5.94. The van der Waals surface area contributed by atoms with E-state index in [2.05, 4.69) is 5.32 Å². The summed E-state index contributed by atoms with van der Waals surface area (Å²) in [5, 5.41) is 10.4. The molecule has 0 saturated carbocycles. The highest BCUT2D eigenvalue weighted by Gasteiger charge is 2.13. The summed E-state index contributed by atoms with van der Waals surface area (Å²) in [5.74, 6) is -1.37. The normalized spacial score (nSPS) is 10.4. The third kappa shape index (κ3) is 3.00. The second kappa shape index (κ2) is 5.64. The van der Waals surface area contributed by atoms with Crippen LogP contribution in [0.15, 0.2) is 30.3 Å². The number of benzene rings is 2. The van der Waals surface area contributed by atoms with Crippen molar-refractivity contribution in [1.29, 1.82) is 0 Å². The zero-order valence-electron chi connectivity index (χ0n) is 9.75. The number of carboxylic acid groups (broad SMARTS) is 1. The van der Waals surface area contributed by atoms with Gasteiger partial charge in [-0.25, -0.2) is 13.6 Å². The molecule has 20 heavy (non-hydrogen) atoms. The first-order valence-corrected chi connectivity index (χ1v) is 6.08. The van der Waals surface area contributed by atoms with E-state index in [0.29, 0.717) is 5.56 Å². The maximum absolute atomic E-state index is 13.4. The minimum absolute atomic E-state index is 0.137. The van der Waals surface area contributed by atoms with Gasteiger partial charge in [0.1, 0.15) is 5.82 Å². The molecule has 1 amide bonds. The topological polar surface area (TPSA) is 49.3 Å². The van der Waals surface area contributed by atoms with Crippen LogP contribution in [0.4, 0.5) is 19.3 Å². The lowest BCUT2D eigenvalue weighted by atomic mass is 10.0. The molecule has 0 unspecified atom stereocenters. The zero-order valence-corrected chi connectivity index (χ0v) is 11.3. The predicted octanol–water partition coefficient (Wildman–Crippen LogP) is 5.03. The molecule has 0 atom stereocenters.